The Morgan fingerprint density at radius 2 is 2.06 bits per heavy atom. The van der Waals surface area contributed by atoms with E-state index in [1.54, 1.807) is 13.1 Å². The summed E-state index contributed by atoms with van der Waals surface area (Å²) in [5, 5.41) is 4.83. The quantitative estimate of drug-likeness (QED) is 0.874. The van der Waals surface area contributed by atoms with Crippen molar-refractivity contribution in [2.45, 2.75) is 44.2 Å². The van der Waals surface area contributed by atoms with Gasteiger partial charge in [0.25, 0.3) is 0 Å². The van der Waals surface area contributed by atoms with Crippen LogP contribution in [0.3, 0.4) is 0 Å². The third-order valence-corrected chi connectivity index (χ3v) is 6.60. The summed E-state index contributed by atoms with van der Waals surface area (Å²) in [6.45, 7) is 6.45. The lowest BCUT2D eigenvalue weighted by Gasteiger charge is -2.33. The molecule has 0 radical (unpaired) electrons. The molecule has 1 aromatic rings. The highest BCUT2D eigenvalue weighted by Crippen LogP contribution is 2.29. The molecule has 0 fully saturated rings. The lowest BCUT2D eigenvalue weighted by molar-refractivity contribution is 0.257. The van der Waals surface area contributed by atoms with Crippen molar-refractivity contribution < 1.29 is 8.42 Å². The first-order valence-electron chi connectivity index (χ1n) is 5.97. The molecule has 1 heterocycles. The molecule has 0 aliphatic heterocycles. The zero-order valence-corrected chi connectivity index (χ0v) is 13.3. The molecule has 104 valence electrons. The van der Waals surface area contributed by atoms with Crippen LogP contribution in [-0.4, -0.2) is 32.4 Å². The first-order chi connectivity index (χ1) is 8.27. The molecule has 1 rings (SSSR count). The number of nitrogens with zero attached hydrogens (tertiary/aromatic N) is 1. The lowest BCUT2D eigenvalue weighted by atomic mass is 10.0. The SMILES string of the molecule is CCC(C)(C)N(C)S(=O)(=O)c1ccsc1CNC. The molecule has 0 bridgehead atoms. The molecular weight excluding hydrogens is 268 g/mol. The van der Waals surface area contributed by atoms with Crippen LogP contribution >= 0.6 is 11.3 Å². The van der Waals surface area contributed by atoms with Gasteiger partial charge < -0.3 is 5.32 Å². The Balaban J connectivity index is 3.17. The summed E-state index contributed by atoms with van der Waals surface area (Å²) in [7, 11) is 0.0532. The first kappa shape index (κ1) is 15.6. The van der Waals surface area contributed by atoms with E-state index < -0.39 is 10.0 Å². The molecule has 1 N–H and O–H groups in total. The highest BCUT2D eigenvalue weighted by atomic mass is 32.2. The molecule has 0 saturated carbocycles. The summed E-state index contributed by atoms with van der Waals surface area (Å²) in [4.78, 5) is 1.28. The fourth-order valence-electron chi connectivity index (χ4n) is 1.54. The van der Waals surface area contributed by atoms with Crippen LogP contribution in [0.25, 0.3) is 0 Å². The van der Waals surface area contributed by atoms with E-state index in [2.05, 4.69) is 5.32 Å². The fourth-order valence-corrected chi connectivity index (χ4v) is 4.55. The van der Waals surface area contributed by atoms with Gasteiger partial charge in [-0.3, -0.25) is 0 Å². The summed E-state index contributed by atoms with van der Waals surface area (Å²) in [5.41, 5.74) is -0.377. The van der Waals surface area contributed by atoms with Crippen LogP contribution in [0.5, 0.6) is 0 Å². The number of nitrogens with one attached hydrogen (secondary N) is 1. The van der Waals surface area contributed by atoms with Crippen molar-refractivity contribution in [1.29, 1.82) is 0 Å². The predicted octanol–water partition coefficient (Wildman–Crippen LogP) is 2.28. The van der Waals surface area contributed by atoms with Crippen LogP contribution in [-0.2, 0) is 16.6 Å². The Bertz CT molecular complexity index is 492. The van der Waals surface area contributed by atoms with Gasteiger partial charge in [0.2, 0.25) is 10.0 Å². The average molecular weight is 290 g/mol. The smallest absolute Gasteiger partial charge is 0.244 e. The molecule has 0 amide bonds. The van der Waals surface area contributed by atoms with E-state index in [1.165, 1.54) is 15.6 Å². The fraction of sp³-hybridized carbons (Fsp3) is 0.667. The largest absolute Gasteiger partial charge is 0.315 e. The molecule has 18 heavy (non-hydrogen) atoms. The number of rotatable bonds is 6. The second kappa shape index (κ2) is 5.69. The Labute approximate surface area is 114 Å². The minimum Gasteiger partial charge on any atom is -0.315 e. The maximum Gasteiger partial charge on any atom is 0.244 e. The number of hydrogen-bond donors (Lipinski definition) is 1. The molecule has 0 saturated heterocycles. The molecule has 0 spiro atoms. The molecule has 6 heteroatoms. The van der Waals surface area contributed by atoms with Gasteiger partial charge in [-0.05, 0) is 38.8 Å². The Hall–Kier alpha value is -0.430. The summed E-state index contributed by atoms with van der Waals surface area (Å²) >= 11 is 1.47. The van der Waals surface area contributed by atoms with Gasteiger partial charge in [-0.1, -0.05) is 6.92 Å². The van der Waals surface area contributed by atoms with Crippen LogP contribution in [0, 0.1) is 0 Å². The molecule has 0 aliphatic rings. The number of sulfonamides is 1. The van der Waals surface area contributed by atoms with E-state index in [1.807, 2.05) is 33.2 Å². The Kier molecular flexibility index (Phi) is 4.94. The zero-order valence-electron chi connectivity index (χ0n) is 11.6. The van der Waals surface area contributed by atoms with Gasteiger partial charge in [-0.15, -0.1) is 11.3 Å². The highest BCUT2D eigenvalue weighted by Gasteiger charge is 2.34. The van der Waals surface area contributed by atoms with Crippen molar-refractivity contribution in [3.05, 3.63) is 16.3 Å². The van der Waals surface area contributed by atoms with Crippen molar-refractivity contribution in [1.82, 2.24) is 9.62 Å². The molecular formula is C12H22N2O2S2. The van der Waals surface area contributed by atoms with Gasteiger partial charge in [-0.25, -0.2) is 8.42 Å². The molecule has 0 aromatic carbocycles. The normalized spacial score (nSPS) is 13.2. The molecule has 0 aliphatic carbocycles. The summed E-state index contributed by atoms with van der Waals surface area (Å²) in [6.07, 6.45) is 0.772. The van der Waals surface area contributed by atoms with Crippen LogP contribution in [0.15, 0.2) is 16.3 Å². The molecule has 0 unspecified atom stereocenters. The van der Waals surface area contributed by atoms with Gasteiger partial charge in [-0.2, -0.15) is 4.31 Å². The van der Waals surface area contributed by atoms with Crippen molar-refractivity contribution in [2.75, 3.05) is 14.1 Å². The molecule has 4 nitrogen and oxygen atoms in total. The Morgan fingerprint density at radius 3 is 2.56 bits per heavy atom. The number of hydrogen-bond acceptors (Lipinski definition) is 4. The summed E-state index contributed by atoms with van der Waals surface area (Å²) in [5.74, 6) is 0. The Morgan fingerprint density at radius 1 is 1.44 bits per heavy atom. The first-order valence-corrected chi connectivity index (χ1v) is 8.29. The van der Waals surface area contributed by atoms with Gasteiger partial charge in [0.15, 0.2) is 0 Å². The lowest BCUT2D eigenvalue weighted by Crippen LogP contribution is -2.44. The van der Waals surface area contributed by atoms with E-state index in [9.17, 15) is 8.42 Å². The predicted molar refractivity (Wildman–Crippen MR) is 76.4 cm³/mol. The van der Waals surface area contributed by atoms with E-state index in [0.29, 0.717) is 11.4 Å². The second-order valence-electron chi connectivity index (χ2n) is 4.88. The standard InChI is InChI=1S/C12H22N2O2S2/c1-6-12(2,3)14(5)18(15,16)11-7-8-17-10(11)9-13-4/h7-8,13H,6,9H2,1-5H3. The van der Waals surface area contributed by atoms with E-state index in [0.717, 1.165) is 11.3 Å². The van der Waals surface area contributed by atoms with Gasteiger partial charge in [0.05, 0.1) is 4.90 Å². The van der Waals surface area contributed by atoms with E-state index >= 15 is 0 Å². The van der Waals surface area contributed by atoms with Crippen LogP contribution in [0.1, 0.15) is 32.1 Å². The van der Waals surface area contributed by atoms with Crippen molar-refractivity contribution in [3.8, 4) is 0 Å². The van der Waals surface area contributed by atoms with Crippen LogP contribution in [0.4, 0.5) is 0 Å². The number of thiophene rings is 1. The van der Waals surface area contributed by atoms with Crippen molar-refractivity contribution >= 4 is 21.4 Å². The van der Waals surface area contributed by atoms with Crippen LogP contribution in [0.2, 0.25) is 0 Å². The van der Waals surface area contributed by atoms with Crippen molar-refractivity contribution in [2.24, 2.45) is 0 Å². The van der Waals surface area contributed by atoms with Gasteiger partial charge in [0, 0.05) is 24.0 Å². The van der Waals surface area contributed by atoms with Crippen LogP contribution < -0.4 is 5.32 Å². The van der Waals surface area contributed by atoms with E-state index in [-0.39, 0.29) is 5.54 Å². The third-order valence-electron chi connectivity index (χ3n) is 3.40. The van der Waals surface area contributed by atoms with Gasteiger partial charge in [0.1, 0.15) is 0 Å². The maximum atomic E-state index is 12.6. The zero-order chi connectivity index (χ0) is 14.0. The molecule has 0 atom stereocenters. The highest BCUT2D eigenvalue weighted by molar-refractivity contribution is 7.89. The van der Waals surface area contributed by atoms with E-state index in [4.69, 9.17) is 0 Å². The second-order valence-corrected chi connectivity index (χ2v) is 7.82. The minimum atomic E-state index is -3.41. The average Bonchev–Trinajstić information content (AvgIpc) is 2.77. The summed E-state index contributed by atoms with van der Waals surface area (Å²) < 4.78 is 26.7. The summed E-state index contributed by atoms with van der Waals surface area (Å²) in [6, 6.07) is 1.69. The monoisotopic (exact) mass is 290 g/mol. The maximum absolute atomic E-state index is 12.6. The van der Waals surface area contributed by atoms with Gasteiger partial charge >= 0.3 is 0 Å². The minimum absolute atomic E-state index is 0.377. The van der Waals surface area contributed by atoms with Crippen molar-refractivity contribution in [3.63, 3.8) is 0 Å². The third kappa shape index (κ3) is 2.93. The topological polar surface area (TPSA) is 49.4 Å². The molecule has 1 aromatic heterocycles.